The summed E-state index contributed by atoms with van der Waals surface area (Å²) in [6, 6.07) is 2.08. The molecule has 0 radical (unpaired) electrons. The van der Waals surface area contributed by atoms with E-state index >= 15 is 0 Å². The summed E-state index contributed by atoms with van der Waals surface area (Å²) in [7, 11) is 2.08. The minimum atomic E-state index is 0.447. The summed E-state index contributed by atoms with van der Waals surface area (Å²) >= 11 is 0. The van der Waals surface area contributed by atoms with Crippen LogP contribution in [-0.4, -0.2) is 30.1 Å². The van der Waals surface area contributed by atoms with E-state index < -0.39 is 0 Å². The van der Waals surface area contributed by atoms with Gasteiger partial charge < -0.3 is 10.6 Å². The van der Waals surface area contributed by atoms with E-state index in [1.807, 2.05) is 0 Å². The lowest BCUT2D eigenvalue weighted by atomic mass is 10.1. The highest BCUT2D eigenvalue weighted by Gasteiger charge is 2.06. The summed E-state index contributed by atoms with van der Waals surface area (Å²) in [5.74, 6) is 1.46. The third kappa shape index (κ3) is 4.69. The lowest BCUT2D eigenvalue weighted by Gasteiger charge is -2.18. The Bertz CT molecular complexity index is 325. The Morgan fingerprint density at radius 1 is 1.24 bits per heavy atom. The number of aromatic nitrogens is 2. The lowest BCUT2D eigenvalue weighted by Crippen LogP contribution is -2.20. The normalized spacial score (nSPS) is 10.9. The van der Waals surface area contributed by atoms with Crippen LogP contribution in [0.1, 0.15) is 44.7 Å². The fourth-order valence-corrected chi connectivity index (χ4v) is 1.67. The predicted molar refractivity (Wildman–Crippen MR) is 72.3 cm³/mol. The van der Waals surface area contributed by atoms with Gasteiger partial charge in [-0.05, 0) is 25.3 Å². The topological polar surface area (TPSA) is 55.0 Å². The van der Waals surface area contributed by atoms with Gasteiger partial charge in [0.25, 0.3) is 0 Å². The van der Waals surface area contributed by atoms with Crippen molar-refractivity contribution in [1.82, 2.24) is 9.97 Å². The fraction of sp³-hybridized carbons (Fsp3) is 0.692. The van der Waals surface area contributed by atoms with E-state index in [9.17, 15) is 0 Å². The fourth-order valence-electron chi connectivity index (χ4n) is 1.67. The van der Waals surface area contributed by atoms with Gasteiger partial charge in [0.05, 0.1) is 0 Å². The van der Waals surface area contributed by atoms with Crippen molar-refractivity contribution in [3.8, 4) is 0 Å². The number of hydrogen-bond acceptors (Lipinski definition) is 4. The van der Waals surface area contributed by atoms with Crippen molar-refractivity contribution >= 4 is 5.82 Å². The van der Waals surface area contributed by atoms with Crippen molar-refractivity contribution in [2.24, 2.45) is 5.73 Å². The Kier molecular flexibility index (Phi) is 5.91. The number of unbranched alkanes of at least 4 members (excludes halogenated alkanes) is 2. The summed E-state index contributed by atoms with van der Waals surface area (Å²) in [5, 5.41) is 0. The third-order valence-corrected chi connectivity index (χ3v) is 2.85. The Morgan fingerprint density at radius 2 is 2.00 bits per heavy atom. The first kappa shape index (κ1) is 13.9. The first-order valence-corrected chi connectivity index (χ1v) is 6.38. The van der Waals surface area contributed by atoms with Crippen LogP contribution in [0.3, 0.4) is 0 Å². The van der Waals surface area contributed by atoms with Gasteiger partial charge in [0, 0.05) is 25.4 Å². The van der Waals surface area contributed by atoms with Crippen LogP contribution in [0.5, 0.6) is 0 Å². The van der Waals surface area contributed by atoms with Crippen molar-refractivity contribution in [2.75, 3.05) is 25.0 Å². The molecule has 0 fully saturated rings. The van der Waals surface area contributed by atoms with Crippen molar-refractivity contribution in [3.05, 3.63) is 18.1 Å². The number of rotatable bonds is 7. The molecule has 4 nitrogen and oxygen atoms in total. The molecular formula is C13H24N4. The number of nitrogens with zero attached hydrogens (tertiary/aromatic N) is 3. The maximum Gasteiger partial charge on any atom is 0.131 e. The molecule has 96 valence electrons. The highest BCUT2D eigenvalue weighted by Crippen LogP contribution is 2.16. The summed E-state index contributed by atoms with van der Waals surface area (Å²) < 4.78 is 0. The Morgan fingerprint density at radius 3 is 2.65 bits per heavy atom. The third-order valence-electron chi connectivity index (χ3n) is 2.85. The zero-order chi connectivity index (χ0) is 12.7. The number of nitrogens with two attached hydrogens (primary N) is 1. The summed E-state index contributed by atoms with van der Waals surface area (Å²) in [4.78, 5) is 10.8. The van der Waals surface area contributed by atoms with E-state index in [1.54, 1.807) is 6.33 Å². The van der Waals surface area contributed by atoms with Crippen LogP contribution in [-0.2, 0) is 0 Å². The second kappa shape index (κ2) is 7.22. The smallest absolute Gasteiger partial charge is 0.131 e. The van der Waals surface area contributed by atoms with Crippen LogP contribution < -0.4 is 10.6 Å². The molecule has 1 rings (SSSR count). The first-order valence-electron chi connectivity index (χ1n) is 6.38. The molecule has 0 saturated carbocycles. The van der Waals surface area contributed by atoms with E-state index in [4.69, 9.17) is 5.73 Å². The van der Waals surface area contributed by atoms with E-state index in [1.165, 1.54) is 6.42 Å². The van der Waals surface area contributed by atoms with Crippen LogP contribution in [0, 0.1) is 0 Å². The average molecular weight is 236 g/mol. The quantitative estimate of drug-likeness (QED) is 0.737. The molecule has 1 aromatic rings. The summed E-state index contributed by atoms with van der Waals surface area (Å²) in [6.45, 7) is 6.10. The zero-order valence-electron chi connectivity index (χ0n) is 11.2. The molecular weight excluding hydrogens is 212 g/mol. The molecule has 0 spiro atoms. The summed E-state index contributed by atoms with van der Waals surface area (Å²) in [6.07, 6.45) is 5.10. The van der Waals surface area contributed by atoms with E-state index in [2.05, 4.69) is 41.8 Å². The maximum absolute atomic E-state index is 5.48. The van der Waals surface area contributed by atoms with Gasteiger partial charge in [-0.1, -0.05) is 20.3 Å². The van der Waals surface area contributed by atoms with Gasteiger partial charge in [-0.25, -0.2) is 9.97 Å². The number of anilines is 1. The molecule has 4 heteroatoms. The Balaban J connectivity index is 2.50. The van der Waals surface area contributed by atoms with Gasteiger partial charge in [0.2, 0.25) is 0 Å². The van der Waals surface area contributed by atoms with Crippen molar-refractivity contribution < 1.29 is 0 Å². The molecule has 0 unspecified atom stereocenters. The van der Waals surface area contributed by atoms with Crippen molar-refractivity contribution in [2.45, 2.75) is 39.0 Å². The maximum atomic E-state index is 5.48. The van der Waals surface area contributed by atoms with Gasteiger partial charge in [-0.3, -0.25) is 0 Å². The van der Waals surface area contributed by atoms with E-state index in [-0.39, 0.29) is 0 Å². The summed E-state index contributed by atoms with van der Waals surface area (Å²) in [5.41, 5.74) is 6.58. The molecule has 0 atom stereocenters. The monoisotopic (exact) mass is 236 g/mol. The molecule has 0 bridgehead atoms. The van der Waals surface area contributed by atoms with Crippen LogP contribution in [0.15, 0.2) is 12.4 Å². The molecule has 2 N–H and O–H groups in total. The highest BCUT2D eigenvalue weighted by atomic mass is 15.2. The molecule has 0 saturated heterocycles. The highest BCUT2D eigenvalue weighted by molar-refractivity contribution is 5.38. The second-order valence-corrected chi connectivity index (χ2v) is 4.73. The molecule has 0 amide bonds. The molecule has 0 aliphatic rings. The predicted octanol–water partition coefficient (Wildman–Crippen LogP) is 2.17. The minimum Gasteiger partial charge on any atom is -0.360 e. The standard InChI is InChI=1S/C13H24N4/c1-11(2)12-9-13(16-10-15-12)17(3)8-6-4-5-7-14/h9-11H,4-8,14H2,1-3H3. The van der Waals surface area contributed by atoms with Crippen LogP contribution >= 0.6 is 0 Å². The Labute approximate surface area is 104 Å². The SMILES string of the molecule is CC(C)c1cc(N(C)CCCCCN)ncn1. The molecule has 0 aromatic carbocycles. The molecule has 17 heavy (non-hydrogen) atoms. The molecule has 0 aliphatic heterocycles. The zero-order valence-corrected chi connectivity index (χ0v) is 11.2. The molecule has 1 heterocycles. The van der Waals surface area contributed by atoms with Crippen LogP contribution in [0.25, 0.3) is 0 Å². The number of hydrogen-bond donors (Lipinski definition) is 1. The van der Waals surface area contributed by atoms with Gasteiger partial charge in [-0.15, -0.1) is 0 Å². The van der Waals surface area contributed by atoms with Crippen molar-refractivity contribution in [3.63, 3.8) is 0 Å². The van der Waals surface area contributed by atoms with E-state index in [0.29, 0.717) is 5.92 Å². The van der Waals surface area contributed by atoms with Gasteiger partial charge in [-0.2, -0.15) is 0 Å². The van der Waals surface area contributed by atoms with Crippen LogP contribution in [0.4, 0.5) is 5.82 Å². The Hall–Kier alpha value is -1.16. The molecule has 0 aliphatic carbocycles. The first-order chi connectivity index (χ1) is 8.15. The van der Waals surface area contributed by atoms with Crippen molar-refractivity contribution in [1.29, 1.82) is 0 Å². The average Bonchev–Trinajstić information content (AvgIpc) is 2.34. The molecule has 1 aromatic heterocycles. The van der Waals surface area contributed by atoms with Crippen LogP contribution in [0.2, 0.25) is 0 Å². The second-order valence-electron chi connectivity index (χ2n) is 4.73. The lowest BCUT2D eigenvalue weighted by molar-refractivity contribution is 0.674. The van der Waals surface area contributed by atoms with Gasteiger partial charge in [0.15, 0.2) is 0 Å². The largest absolute Gasteiger partial charge is 0.360 e. The minimum absolute atomic E-state index is 0.447. The van der Waals surface area contributed by atoms with Gasteiger partial charge in [0.1, 0.15) is 12.1 Å². The van der Waals surface area contributed by atoms with Gasteiger partial charge >= 0.3 is 0 Å². The van der Waals surface area contributed by atoms with E-state index in [0.717, 1.165) is 37.4 Å².